The van der Waals surface area contributed by atoms with E-state index in [1.165, 1.54) is 33.8 Å². The van der Waals surface area contributed by atoms with E-state index in [2.05, 4.69) is 9.71 Å². The first-order valence-electron chi connectivity index (χ1n) is 9.73. The highest BCUT2D eigenvalue weighted by atomic mass is 32.2. The van der Waals surface area contributed by atoms with Crippen molar-refractivity contribution < 1.29 is 27.3 Å². The third kappa shape index (κ3) is 4.28. The number of nitrogens with one attached hydrogen (secondary N) is 1. The summed E-state index contributed by atoms with van der Waals surface area (Å²) < 4.78 is 53.3. The lowest BCUT2D eigenvalue weighted by Gasteiger charge is -2.23. The molecule has 12 heteroatoms. The van der Waals surface area contributed by atoms with E-state index >= 15 is 0 Å². The lowest BCUT2D eigenvalue weighted by atomic mass is 10.0. The van der Waals surface area contributed by atoms with Crippen LogP contribution in [-0.2, 0) is 34.5 Å². The van der Waals surface area contributed by atoms with Gasteiger partial charge < -0.3 is 14.6 Å². The average molecular weight is 493 g/mol. The first-order chi connectivity index (χ1) is 15.5. The first-order valence-corrected chi connectivity index (χ1v) is 13.1. The number of amides is 1. The fourth-order valence-electron chi connectivity index (χ4n) is 3.94. The molecule has 0 aliphatic carbocycles. The van der Waals surface area contributed by atoms with Gasteiger partial charge in [0.1, 0.15) is 17.6 Å². The van der Waals surface area contributed by atoms with Gasteiger partial charge in [-0.25, -0.2) is 12.8 Å². The fraction of sp³-hybridized carbons (Fsp3) is 0.238. The van der Waals surface area contributed by atoms with E-state index in [4.69, 9.17) is 0 Å². The number of carbonyl (C=O) groups excluding carboxylic acids is 1. The monoisotopic (exact) mass is 492 g/mol. The van der Waals surface area contributed by atoms with E-state index in [1.807, 2.05) is 0 Å². The molecule has 2 aromatic carbocycles. The van der Waals surface area contributed by atoms with Crippen molar-refractivity contribution in [1.29, 1.82) is 0 Å². The van der Waals surface area contributed by atoms with Crippen LogP contribution in [-0.4, -0.2) is 53.4 Å². The molecule has 0 saturated heterocycles. The van der Waals surface area contributed by atoms with Gasteiger partial charge in [-0.15, -0.1) is 0 Å². The highest BCUT2D eigenvalue weighted by Gasteiger charge is 2.37. The summed E-state index contributed by atoms with van der Waals surface area (Å²) >= 11 is -1.42. The number of rotatable bonds is 6. The van der Waals surface area contributed by atoms with Crippen LogP contribution in [0.2, 0.25) is 0 Å². The number of anilines is 2. The number of hydrogen-bond acceptors (Lipinski definition) is 7. The Morgan fingerprint density at radius 3 is 2.76 bits per heavy atom. The summed E-state index contributed by atoms with van der Waals surface area (Å²) in [5.41, 5.74) is 1.64. The van der Waals surface area contributed by atoms with Crippen LogP contribution in [0.25, 0.3) is 10.9 Å². The molecule has 0 fully saturated rings. The minimum Gasteiger partial charge on any atom is -0.593 e. The number of halogens is 1. The number of phenols is 1. The molecule has 9 nitrogen and oxygen atoms in total. The number of pyridine rings is 1. The summed E-state index contributed by atoms with van der Waals surface area (Å²) in [6.07, 6.45) is 3.93. The second-order valence-corrected chi connectivity index (χ2v) is 10.9. The number of nitrogens with zero attached hydrogens (tertiary/aromatic N) is 3. The fourth-order valence-corrected chi connectivity index (χ4v) is 4.99. The van der Waals surface area contributed by atoms with Gasteiger partial charge in [0.2, 0.25) is 10.0 Å². The first kappa shape index (κ1) is 23.1. The topological polar surface area (TPSA) is 126 Å². The third-order valence-electron chi connectivity index (χ3n) is 5.39. The van der Waals surface area contributed by atoms with Gasteiger partial charge in [-0.3, -0.25) is 14.5 Å². The second kappa shape index (κ2) is 8.36. The summed E-state index contributed by atoms with van der Waals surface area (Å²) in [7, 11) is -2.07. The molecule has 174 valence electrons. The van der Waals surface area contributed by atoms with E-state index < -0.39 is 33.1 Å². The Bertz CT molecular complexity index is 1380. The number of sulfonamides is 1. The molecule has 1 amide bonds. The molecule has 1 aliphatic rings. The van der Waals surface area contributed by atoms with Gasteiger partial charge in [-0.2, -0.15) is 4.31 Å². The van der Waals surface area contributed by atoms with Crippen LogP contribution >= 0.6 is 0 Å². The smallest absolute Gasteiger partial charge is 0.258 e. The Morgan fingerprint density at radius 1 is 1.36 bits per heavy atom. The number of carbonyl (C=O) groups is 1. The minimum atomic E-state index is -3.69. The van der Waals surface area contributed by atoms with Gasteiger partial charge in [-0.05, 0) is 29.8 Å². The van der Waals surface area contributed by atoms with Crippen molar-refractivity contribution in [1.82, 2.24) is 9.88 Å². The zero-order valence-corrected chi connectivity index (χ0v) is 19.6. The van der Waals surface area contributed by atoms with Gasteiger partial charge in [0.15, 0.2) is 5.75 Å². The Kier molecular flexibility index (Phi) is 5.85. The molecule has 1 aliphatic heterocycles. The minimum absolute atomic E-state index is 0.0179. The molecular weight excluding hydrogens is 471 g/mol. The zero-order valence-electron chi connectivity index (χ0n) is 18.0. The van der Waals surface area contributed by atoms with Crippen molar-refractivity contribution in [2.75, 3.05) is 28.6 Å². The molecule has 4 rings (SSSR count). The molecule has 0 saturated carbocycles. The summed E-state index contributed by atoms with van der Waals surface area (Å²) in [4.78, 5) is 18.9. The molecule has 0 bridgehead atoms. The molecule has 1 atom stereocenters. The molecule has 2 heterocycles. The predicted molar refractivity (Wildman–Crippen MR) is 124 cm³/mol. The van der Waals surface area contributed by atoms with Gasteiger partial charge in [0, 0.05) is 30.2 Å². The van der Waals surface area contributed by atoms with E-state index in [9.17, 15) is 27.3 Å². The van der Waals surface area contributed by atoms with Crippen LogP contribution in [0.3, 0.4) is 0 Å². The molecular formula is C21H21FN4O5S2. The lowest BCUT2D eigenvalue weighted by molar-refractivity contribution is 0.0765. The molecule has 3 aromatic rings. The summed E-state index contributed by atoms with van der Waals surface area (Å²) in [5, 5.41) is 11.4. The van der Waals surface area contributed by atoms with E-state index in [0.29, 0.717) is 22.2 Å². The Labute approximate surface area is 193 Å². The lowest BCUT2D eigenvalue weighted by Crippen LogP contribution is -2.26. The van der Waals surface area contributed by atoms with Crippen molar-refractivity contribution in [3.8, 4) is 5.75 Å². The summed E-state index contributed by atoms with van der Waals surface area (Å²) in [6, 6.07) is 7.01. The maximum Gasteiger partial charge on any atom is 0.258 e. The maximum atomic E-state index is 13.8. The molecule has 33 heavy (non-hydrogen) atoms. The number of fused-ring (bicyclic) bond motifs is 2. The second-order valence-electron chi connectivity index (χ2n) is 7.71. The van der Waals surface area contributed by atoms with Gasteiger partial charge >= 0.3 is 0 Å². The molecule has 2 N–H and O–H groups in total. The Balaban J connectivity index is 1.81. The Morgan fingerprint density at radius 2 is 2.09 bits per heavy atom. The quantitative estimate of drug-likeness (QED) is 0.506. The van der Waals surface area contributed by atoms with Crippen LogP contribution < -0.4 is 9.03 Å². The van der Waals surface area contributed by atoms with Crippen LogP contribution in [0.15, 0.2) is 36.5 Å². The van der Waals surface area contributed by atoms with Gasteiger partial charge in [0.25, 0.3) is 5.91 Å². The van der Waals surface area contributed by atoms with E-state index in [-0.39, 0.29) is 35.6 Å². The SMILES string of the molecule is CN(c1c2c(c(O)c3ncccc13)C(=O)N(Cc1ccc(F)cc1NS(C)(=O)=O)C2)[S+](C)[O-]. The van der Waals surface area contributed by atoms with Crippen molar-refractivity contribution in [3.05, 3.63) is 59.0 Å². The highest BCUT2D eigenvalue weighted by molar-refractivity contribution is 7.92. The number of aromatic hydroxyl groups is 1. The van der Waals surface area contributed by atoms with Gasteiger partial charge in [0.05, 0.1) is 41.6 Å². The maximum absolute atomic E-state index is 13.8. The van der Waals surface area contributed by atoms with Crippen molar-refractivity contribution in [3.63, 3.8) is 0 Å². The van der Waals surface area contributed by atoms with Crippen LogP contribution in [0, 0.1) is 5.82 Å². The third-order valence-corrected chi connectivity index (χ3v) is 6.94. The predicted octanol–water partition coefficient (Wildman–Crippen LogP) is 2.34. The number of aromatic nitrogens is 1. The summed E-state index contributed by atoms with van der Waals surface area (Å²) in [6.45, 7) is 0.0202. The summed E-state index contributed by atoms with van der Waals surface area (Å²) in [5.74, 6) is -1.41. The zero-order chi connectivity index (χ0) is 24.1. The number of benzene rings is 2. The molecule has 0 spiro atoms. The van der Waals surface area contributed by atoms with E-state index in [1.54, 1.807) is 19.2 Å². The van der Waals surface area contributed by atoms with Crippen LogP contribution in [0.4, 0.5) is 15.8 Å². The van der Waals surface area contributed by atoms with Gasteiger partial charge in [-0.1, -0.05) is 6.07 Å². The van der Waals surface area contributed by atoms with Crippen LogP contribution in [0.5, 0.6) is 5.75 Å². The van der Waals surface area contributed by atoms with Crippen molar-refractivity contribution in [2.24, 2.45) is 0 Å². The van der Waals surface area contributed by atoms with E-state index in [0.717, 1.165) is 12.3 Å². The van der Waals surface area contributed by atoms with Crippen molar-refractivity contribution >= 4 is 49.6 Å². The normalized spacial score (nSPS) is 14.5. The standard InChI is InChI=1S/C21H21FN4O5S2/c1-25(32(2)29)19-14-5-4-8-23-18(14)20(27)17-15(19)11-26(21(17)28)10-12-6-7-13(22)9-16(12)24-33(3,30)31/h4-9,24,27H,10-11H2,1-3H3. The molecule has 1 unspecified atom stereocenters. The number of hydrogen-bond donors (Lipinski definition) is 2. The largest absolute Gasteiger partial charge is 0.593 e. The molecule has 1 aromatic heterocycles. The number of phenolic OH excluding ortho intramolecular Hbond substituents is 1. The average Bonchev–Trinajstić information content (AvgIpc) is 3.05. The molecule has 0 radical (unpaired) electrons. The van der Waals surface area contributed by atoms with Crippen molar-refractivity contribution in [2.45, 2.75) is 13.1 Å². The highest BCUT2D eigenvalue weighted by Crippen LogP contribution is 2.44. The van der Waals surface area contributed by atoms with Crippen LogP contribution in [0.1, 0.15) is 21.5 Å². The Hall–Kier alpha value is -3.09.